The Bertz CT molecular complexity index is 3740. The van der Waals surface area contributed by atoms with E-state index < -0.39 is 11.6 Å². The molecule has 0 amide bonds. The number of para-hydroxylation sites is 1. The summed E-state index contributed by atoms with van der Waals surface area (Å²) in [5.41, 5.74) is 22.8. The highest BCUT2D eigenvalue weighted by Crippen LogP contribution is 2.46. The predicted octanol–water partition coefficient (Wildman–Crippen LogP) is 21.9. The Kier molecular flexibility index (Phi) is 13.4. The van der Waals surface area contributed by atoms with Crippen molar-refractivity contribution in [3.63, 3.8) is 0 Å². The topological polar surface area (TPSA) is 4.93 Å². The van der Waals surface area contributed by atoms with Crippen LogP contribution in [0, 0.1) is 11.6 Å². The van der Waals surface area contributed by atoms with E-state index in [2.05, 4.69) is 264 Å². The van der Waals surface area contributed by atoms with E-state index in [0.29, 0.717) is 5.56 Å². The summed E-state index contributed by atoms with van der Waals surface area (Å²) in [6, 6.07) is 75.0. The molecule has 0 aliphatic rings. The highest BCUT2D eigenvalue weighted by atomic mass is 19.1. The van der Waals surface area contributed by atoms with Gasteiger partial charge in [0.05, 0.1) is 16.7 Å². The Morgan fingerprint density at radius 3 is 0.861 bits per heavy atom. The van der Waals surface area contributed by atoms with Crippen LogP contribution in [-0.2, 0) is 21.7 Å². The minimum absolute atomic E-state index is 0.0890. The zero-order valence-corrected chi connectivity index (χ0v) is 47.9. The van der Waals surface area contributed by atoms with Crippen molar-refractivity contribution in [2.24, 2.45) is 0 Å². The van der Waals surface area contributed by atoms with Crippen LogP contribution in [0.1, 0.15) is 105 Å². The third-order valence-electron chi connectivity index (χ3n) is 15.8. The molecular weight excluding hydrogens is 965 g/mol. The lowest BCUT2D eigenvalue weighted by molar-refractivity contribution is 0.584. The molecule has 10 aromatic carbocycles. The minimum atomic E-state index is -0.616. The predicted molar refractivity (Wildman–Crippen MR) is 334 cm³/mol. The number of nitrogens with zero attached hydrogens (tertiary/aromatic N) is 1. The molecule has 3 heteroatoms. The molecular formula is C76H71F2N. The van der Waals surface area contributed by atoms with Gasteiger partial charge in [0, 0.05) is 22.4 Å². The summed E-state index contributed by atoms with van der Waals surface area (Å²) < 4.78 is 32.5. The van der Waals surface area contributed by atoms with Gasteiger partial charge in [0.1, 0.15) is 11.6 Å². The Balaban J connectivity index is 1.20. The minimum Gasteiger partial charge on any atom is -0.309 e. The van der Waals surface area contributed by atoms with Crippen molar-refractivity contribution in [1.29, 1.82) is 0 Å². The Labute approximate surface area is 467 Å². The first-order valence-corrected chi connectivity index (χ1v) is 27.9. The number of hydrogen-bond acceptors (Lipinski definition) is 0. The van der Waals surface area contributed by atoms with Crippen LogP contribution in [0.4, 0.5) is 8.78 Å². The monoisotopic (exact) mass is 1040 g/mol. The van der Waals surface area contributed by atoms with Gasteiger partial charge in [0.15, 0.2) is 0 Å². The Morgan fingerprint density at radius 2 is 0.532 bits per heavy atom. The first-order valence-electron chi connectivity index (χ1n) is 27.9. The first-order chi connectivity index (χ1) is 37.5. The molecule has 11 aromatic rings. The summed E-state index contributed by atoms with van der Waals surface area (Å²) in [6.07, 6.45) is 0. The lowest BCUT2D eigenvalue weighted by Gasteiger charge is -2.25. The van der Waals surface area contributed by atoms with Crippen molar-refractivity contribution in [2.75, 3.05) is 0 Å². The number of benzene rings is 10. The van der Waals surface area contributed by atoms with Gasteiger partial charge in [-0.25, -0.2) is 8.78 Å². The van der Waals surface area contributed by atoms with Crippen molar-refractivity contribution in [3.8, 4) is 83.6 Å². The zero-order valence-electron chi connectivity index (χ0n) is 47.9. The summed E-state index contributed by atoms with van der Waals surface area (Å²) in [5.74, 6) is -1.23. The molecule has 0 radical (unpaired) electrons. The SMILES string of the molecule is CC(C)(C)c1ccccc1-c1cc(-c2ccc3c(c2)c2cc(-c4cc(-c5ccccc5C(C)(C)C)cc(-c5ccccc5C(C)(C)C)c4)ccc2n3-c2ccccc2-c2cc(F)cc(F)c2)cc(-c2ccccc2C(C)(C)C)c1. The van der Waals surface area contributed by atoms with Gasteiger partial charge in [-0.15, -0.1) is 0 Å². The number of hydrogen-bond donors (Lipinski definition) is 0. The molecule has 0 atom stereocenters. The third kappa shape index (κ3) is 10.3. The van der Waals surface area contributed by atoms with Crippen molar-refractivity contribution in [1.82, 2.24) is 4.57 Å². The van der Waals surface area contributed by atoms with E-state index in [0.717, 1.165) is 61.4 Å². The molecule has 0 saturated heterocycles. The number of halogens is 2. The molecule has 0 aliphatic heterocycles. The molecule has 0 unspecified atom stereocenters. The smallest absolute Gasteiger partial charge is 0.126 e. The van der Waals surface area contributed by atoms with Crippen LogP contribution < -0.4 is 0 Å². The van der Waals surface area contributed by atoms with E-state index in [1.807, 2.05) is 18.2 Å². The summed E-state index contributed by atoms with van der Waals surface area (Å²) in [7, 11) is 0. The third-order valence-corrected chi connectivity index (χ3v) is 15.8. The molecule has 394 valence electrons. The fraction of sp³-hybridized carbons (Fsp3) is 0.211. The van der Waals surface area contributed by atoms with Crippen LogP contribution in [0.25, 0.3) is 105 Å². The molecule has 0 saturated carbocycles. The van der Waals surface area contributed by atoms with Gasteiger partial charge < -0.3 is 4.57 Å². The lowest BCUT2D eigenvalue weighted by Crippen LogP contribution is -2.13. The van der Waals surface area contributed by atoms with Gasteiger partial charge in [-0.1, -0.05) is 210 Å². The second-order valence-corrected chi connectivity index (χ2v) is 25.8. The molecule has 1 heterocycles. The van der Waals surface area contributed by atoms with Gasteiger partial charge >= 0.3 is 0 Å². The Morgan fingerprint density at radius 1 is 0.253 bits per heavy atom. The summed E-state index contributed by atoms with van der Waals surface area (Å²) in [5, 5.41) is 2.14. The number of aromatic nitrogens is 1. The summed E-state index contributed by atoms with van der Waals surface area (Å²) in [6.45, 7) is 27.5. The van der Waals surface area contributed by atoms with Crippen LogP contribution in [-0.4, -0.2) is 4.57 Å². The molecule has 11 rings (SSSR count). The van der Waals surface area contributed by atoms with E-state index >= 15 is 8.78 Å². The maximum atomic E-state index is 15.1. The highest BCUT2D eigenvalue weighted by molar-refractivity contribution is 6.12. The molecule has 0 fully saturated rings. The average molecular weight is 1040 g/mol. The maximum absolute atomic E-state index is 15.1. The van der Waals surface area contributed by atoms with E-state index in [1.54, 1.807) is 0 Å². The average Bonchev–Trinajstić information content (AvgIpc) is 4.04. The maximum Gasteiger partial charge on any atom is 0.126 e. The van der Waals surface area contributed by atoms with Crippen molar-refractivity contribution < 1.29 is 8.78 Å². The van der Waals surface area contributed by atoms with Gasteiger partial charge in [-0.05, 0) is 195 Å². The molecule has 79 heavy (non-hydrogen) atoms. The van der Waals surface area contributed by atoms with Crippen LogP contribution in [0.3, 0.4) is 0 Å². The fourth-order valence-electron chi connectivity index (χ4n) is 12.0. The van der Waals surface area contributed by atoms with Crippen LogP contribution >= 0.6 is 0 Å². The van der Waals surface area contributed by atoms with Crippen molar-refractivity contribution >= 4 is 21.8 Å². The molecule has 0 N–H and O–H groups in total. The van der Waals surface area contributed by atoms with E-state index in [4.69, 9.17) is 0 Å². The van der Waals surface area contributed by atoms with Crippen LogP contribution in [0.5, 0.6) is 0 Å². The lowest BCUT2D eigenvalue weighted by atomic mass is 9.79. The summed E-state index contributed by atoms with van der Waals surface area (Å²) in [4.78, 5) is 0. The zero-order chi connectivity index (χ0) is 55.8. The fourth-order valence-corrected chi connectivity index (χ4v) is 12.0. The van der Waals surface area contributed by atoms with Gasteiger partial charge in [-0.3, -0.25) is 0 Å². The number of fused-ring (bicyclic) bond motifs is 3. The number of rotatable bonds is 8. The molecule has 0 aliphatic carbocycles. The van der Waals surface area contributed by atoms with E-state index in [9.17, 15) is 0 Å². The van der Waals surface area contributed by atoms with Gasteiger partial charge in [0.25, 0.3) is 0 Å². The molecule has 0 bridgehead atoms. The molecule has 0 spiro atoms. The first kappa shape index (κ1) is 52.9. The standard InChI is InChI=1S/C76H71F2N/c1-73(2,3)66-28-18-13-23-59(66)52-37-50(38-53(41-52)60-24-14-19-29-67(60)74(4,5)6)48-33-35-71-64(45-48)65-46-49(34-36-72(65)79(71)70-32-22-17-27-63(70)56-43-57(77)47-58(78)44-56)51-39-54(61-25-15-20-30-68(61)75(7,8)9)42-55(40-51)62-26-16-21-31-69(62)76(10,11)12/h13-47H,1-12H3. The van der Waals surface area contributed by atoms with E-state index in [-0.39, 0.29) is 21.7 Å². The van der Waals surface area contributed by atoms with Crippen LogP contribution in [0.15, 0.2) is 212 Å². The normalized spacial score (nSPS) is 12.4. The second kappa shape index (κ2) is 19.9. The second-order valence-electron chi connectivity index (χ2n) is 25.8. The molecule has 1 nitrogen and oxygen atoms in total. The van der Waals surface area contributed by atoms with E-state index in [1.165, 1.54) is 78.9 Å². The summed E-state index contributed by atoms with van der Waals surface area (Å²) >= 11 is 0. The van der Waals surface area contributed by atoms with Gasteiger partial charge in [-0.2, -0.15) is 0 Å². The molecule has 1 aromatic heterocycles. The van der Waals surface area contributed by atoms with Crippen molar-refractivity contribution in [2.45, 2.75) is 105 Å². The quantitative estimate of drug-likeness (QED) is 0.143. The highest BCUT2D eigenvalue weighted by Gasteiger charge is 2.26. The van der Waals surface area contributed by atoms with Crippen molar-refractivity contribution in [3.05, 3.63) is 246 Å². The largest absolute Gasteiger partial charge is 0.309 e. The van der Waals surface area contributed by atoms with Gasteiger partial charge in [0.2, 0.25) is 0 Å². The Hall–Kier alpha value is -8.14. The van der Waals surface area contributed by atoms with Crippen LogP contribution in [0.2, 0.25) is 0 Å².